The minimum Gasteiger partial charge on any atom is -0.394 e. The Labute approximate surface area is 129 Å². The summed E-state index contributed by atoms with van der Waals surface area (Å²) in [6.45, 7) is 2.76. The third kappa shape index (κ3) is 4.06. The van der Waals surface area contributed by atoms with Crippen LogP contribution in [-0.4, -0.2) is 24.0 Å². The molecule has 1 atom stereocenters. The van der Waals surface area contributed by atoms with E-state index in [0.29, 0.717) is 5.75 Å². The Hall–Kier alpha value is -1.36. The third-order valence-electron chi connectivity index (χ3n) is 3.39. The Balaban J connectivity index is 2.20. The second-order valence-electron chi connectivity index (χ2n) is 4.88. The molecule has 0 aromatic heterocycles. The van der Waals surface area contributed by atoms with Crippen molar-refractivity contribution in [2.24, 2.45) is 0 Å². The molecule has 0 fully saturated rings. The van der Waals surface area contributed by atoms with E-state index in [2.05, 4.69) is 5.32 Å². The summed E-state index contributed by atoms with van der Waals surface area (Å²) >= 11 is 1.54. The Morgan fingerprint density at radius 1 is 1.14 bits per heavy atom. The van der Waals surface area contributed by atoms with Crippen LogP contribution in [0.15, 0.2) is 59.5 Å². The second-order valence-corrected chi connectivity index (χ2v) is 5.93. The zero-order chi connectivity index (χ0) is 15.1. The summed E-state index contributed by atoms with van der Waals surface area (Å²) in [4.78, 5) is 0.863. The van der Waals surface area contributed by atoms with E-state index in [-0.39, 0.29) is 12.4 Å². The average Bonchev–Trinajstić information content (AvgIpc) is 2.52. The number of aliphatic hydroxyl groups excluding tert-OH is 1. The van der Waals surface area contributed by atoms with Gasteiger partial charge in [0.2, 0.25) is 0 Å². The molecule has 0 bridgehead atoms. The molecule has 21 heavy (non-hydrogen) atoms. The molecule has 0 saturated heterocycles. The summed E-state index contributed by atoms with van der Waals surface area (Å²) < 4.78 is 13.3. The molecule has 0 aliphatic heterocycles. The molecule has 2 nitrogen and oxygen atoms in total. The van der Waals surface area contributed by atoms with Crippen molar-refractivity contribution in [1.29, 1.82) is 0 Å². The molecule has 2 rings (SSSR count). The number of benzene rings is 2. The van der Waals surface area contributed by atoms with Crippen molar-refractivity contribution in [2.75, 3.05) is 18.9 Å². The van der Waals surface area contributed by atoms with Crippen molar-refractivity contribution in [2.45, 2.75) is 17.4 Å². The topological polar surface area (TPSA) is 32.3 Å². The van der Waals surface area contributed by atoms with Crippen LogP contribution >= 0.6 is 11.8 Å². The summed E-state index contributed by atoms with van der Waals surface area (Å²) in [5, 5.41) is 13.3. The lowest BCUT2D eigenvalue weighted by molar-refractivity contribution is 0.181. The SMILES string of the molecule is CCNC(CO)(CSc1cccc(F)c1)c1ccccc1. The number of thioether (sulfide) groups is 1. The summed E-state index contributed by atoms with van der Waals surface area (Å²) in [6, 6.07) is 16.4. The van der Waals surface area contributed by atoms with Crippen LogP contribution in [-0.2, 0) is 5.54 Å². The van der Waals surface area contributed by atoms with Gasteiger partial charge in [-0.05, 0) is 30.3 Å². The van der Waals surface area contributed by atoms with Gasteiger partial charge in [-0.2, -0.15) is 0 Å². The molecule has 2 aromatic rings. The minimum absolute atomic E-state index is 0.00678. The number of likely N-dealkylation sites (N-methyl/N-ethyl adjacent to an activating group) is 1. The van der Waals surface area contributed by atoms with E-state index in [0.717, 1.165) is 17.0 Å². The zero-order valence-corrected chi connectivity index (χ0v) is 12.9. The first-order chi connectivity index (χ1) is 10.2. The fourth-order valence-corrected chi connectivity index (χ4v) is 3.43. The zero-order valence-electron chi connectivity index (χ0n) is 12.1. The molecule has 0 aliphatic carbocycles. The van der Waals surface area contributed by atoms with Gasteiger partial charge in [-0.3, -0.25) is 0 Å². The van der Waals surface area contributed by atoms with E-state index in [1.807, 2.05) is 43.3 Å². The molecule has 2 aromatic carbocycles. The van der Waals surface area contributed by atoms with Gasteiger partial charge in [-0.25, -0.2) is 4.39 Å². The Bertz CT molecular complexity index is 564. The Morgan fingerprint density at radius 2 is 1.90 bits per heavy atom. The largest absolute Gasteiger partial charge is 0.394 e. The van der Waals surface area contributed by atoms with Gasteiger partial charge in [0.25, 0.3) is 0 Å². The smallest absolute Gasteiger partial charge is 0.124 e. The molecule has 2 N–H and O–H groups in total. The van der Waals surface area contributed by atoms with Crippen LogP contribution in [0.25, 0.3) is 0 Å². The third-order valence-corrected chi connectivity index (χ3v) is 4.62. The number of halogens is 1. The number of nitrogens with one attached hydrogen (secondary N) is 1. The van der Waals surface area contributed by atoms with Gasteiger partial charge >= 0.3 is 0 Å². The van der Waals surface area contributed by atoms with Crippen LogP contribution in [0.5, 0.6) is 0 Å². The molecule has 0 radical (unpaired) electrons. The van der Waals surface area contributed by atoms with Crippen LogP contribution < -0.4 is 5.32 Å². The van der Waals surface area contributed by atoms with Crippen LogP contribution in [0.4, 0.5) is 4.39 Å². The number of hydrogen-bond donors (Lipinski definition) is 2. The molecule has 0 saturated carbocycles. The summed E-state index contributed by atoms with van der Waals surface area (Å²) in [5.41, 5.74) is 0.519. The lowest BCUT2D eigenvalue weighted by Gasteiger charge is -2.33. The van der Waals surface area contributed by atoms with E-state index >= 15 is 0 Å². The number of rotatable bonds is 7. The van der Waals surface area contributed by atoms with E-state index in [4.69, 9.17) is 0 Å². The van der Waals surface area contributed by atoms with Crippen LogP contribution in [0.2, 0.25) is 0 Å². The molecule has 0 amide bonds. The minimum atomic E-state index is -0.521. The number of hydrogen-bond acceptors (Lipinski definition) is 3. The molecular weight excluding hydrogens is 285 g/mol. The summed E-state index contributed by atoms with van der Waals surface area (Å²) in [5.74, 6) is 0.392. The highest BCUT2D eigenvalue weighted by atomic mass is 32.2. The molecule has 1 unspecified atom stereocenters. The van der Waals surface area contributed by atoms with Gasteiger partial charge in [0.1, 0.15) is 5.82 Å². The highest BCUT2D eigenvalue weighted by Gasteiger charge is 2.30. The van der Waals surface area contributed by atoms with Gasteiger partial charge in [-0.15, -0.1) is 11.8 Å². The van der Waals surface area contributed by atoms with E-state index < -0.39 is 5.54 Å². The molecule has 0 heterocycles. The second kappa shape index (κ2) is 7.59. The molecule has 0 spiro atoms. The maximum Gasteiger partial charge on any atom is 0.124 e. The molecular formula is C17H20FNOS. The number of aliphatic hydroxyl groups is 1. The monoisotopic (exact) mass is 305 g/mol. The Morgan fingerprint density at radius 3 is 2.52 bits per heavy atom. The van der Waals surface area contributed by atoms with Crippen molar-refractivity contribution in [3.8, 4) is 0 Å². The predicted octanol–water partition coefficient (Wildman–Crippen LogP) is 3.42. The normalized spacial score (nSPS) is 13.9. The average molecular weight is 305 g/mol. The van der Waals surface area contributed by atoms with Crippen molar-refractivity contribution in [3.05, 3.63) is 66.0 Å². The highest BCUT2D eigenvalue weighted by molar-refractivity contribution is 7.99. The maximum absolute atomic E-state index is 13.3. The van der Waals surface area contributed by atoms with Crippen LogP contribution in [0.1, 0.15) is 12.5 Å². The van der Waals surface area contributed by atoms with Crippen molar-refractivity contribution in [3.63, 3.8) is 0 Å². The first-order valence-corrected chi connectivity index (χ1v) is 7.98. The van der Waals surface area contributed by atoms with Crippen LogP contribution in [0.3, 0.4) is 0 Å². The van der Waals surface area contributed by atoms with Crippen molar-refractivity contribution < 1.29 is 9.50 Å². The van der Waals surface area contributed by atoms with Crippen LogP contribution in [0, 0.1) is 5.82 Å². The fourth-order valence-electron chi connectivity index (χ4n) is 2.29. The van der Waals surface area contributed by atoms with Gasteiger partial charge in [-0.1, -0.05) is 43.3 Å². The van der Waals surface area contributed by atoms with E-state index in [1.54, 1.807) is 6.07 Å². The first-order valence-electron chi connectivity index (χ1n) is 7.00. The lowest BCUT2D eigenvalue weighted by atomic mass is 9.92. The van der Waals surface area contributed by atoms with Gasteiger partial charge in [0.05, 0.1) is 12.1 Å². The molecule has 0 aliphatic rings. The van der Waals surface area contributed by atoms with Crippen molar-refractivity contribution >= 4 is 11.8 Å². The van der Waals surface area contributed by atoms with Gasteiger partial charge < -0.3 is 10.4 Å². The van der Waals surface area contributed by atoms with Gasteiger partial charge in [0, 0.05) is 10.6 Å². The Kier molecular flexibility index (Phi) is 5.79. The summed E-state index contributed by atoms with van der Waals surface area (Å²) in [7, 11) is 0. The van der Waals surface area contributed by atoms with E-state index in [1.165, 1.54) is 23.9 Å². The highest BCUT2D eigenvalue weighted by Crippen LogP contribution is 2.30. The maximum atomic E-state index is 13.3. The van der Waals surface area contributed by atoms with E-state index in [9.17, 15) is 9.50 Å². The lowest BCUT2D eigenvalue weighted by Crippen LogP contribution is -2.47. The van der Waals surface area contributed by atoms with Gasteiger partial charge in [0.15, 0.2) is 0 Å². The molecule has 4 heteroatoms. The fraction of sp³-hybridized carbons (Fsp3) is 0.294. The first kappa shape index (κ1) is 16.0. The summed E-state index contributed by atoms with van der Waals surface area (Å²) in [6.07, 6.45) is 0. The quantitative estimate of drug-likeness (QED) is 0.769. The predicted molar refractivity (Wildman–Crippen MR) is 86.0 cm³/mol. The molecule has 112 valence electrons. The standard InChI is InChI=1S/C17H20FNOS/c1-2-19-17(12-20,14-7-4-3-5-8-14)13-21-16-10-6-9-15(18)11-16/h3-11,19-20H,2,12-13H2,1H3. The van der Waals surface area contributed by atoms with Crippen molar-refractivity contribution in [1.82, 2.24) is 5.32 Å².